The molecule has 0 N–H and O–H groups in total. The molecule has 3 saturated heterocycles. The molecule has 0 aliphatic carbocycles. The summed E-state index contributed by atoms with van der Waals surface area (Å²) in [4.78, 5) is 0. The number of terminal acetylenes is 1. The summed E-state index contributed by atoms with van der Waals surface area (Å²) in [6, 6.07) is 7.59. The van der Waals surface area contributed by atoms with Crippen molar-refractivity contribution in [3.63, 3.8) is 0 Å². The molecule has 0 saturated carbocycles. The normalized spacial score (nSPS) is 32.9. The second-order valence-corrected chi connectivity index (χ2v) is 6.68. The fraction of sp³-hybridized carbons (Fsp3) is 0.529. The van der Waals surface area contributed by atoms with Gasteiger partial charge in [-0.15, -0.1) is 6.42 Å². The maximum absolute atomic E-state index is 5.97. The molecule has 0 aromatic heterocycles. The summed E-state index contributed by atoms with van der Waals surface area (Å²) in [5, 5.41) is 0. The molecule has 2 bridgehead atoms. The van der Waals surface area contributed by atoms with E-state index in [-0.39, 0.29) is 10.8 Å². The zero-order chi connectivity index (χ0) is 14.4. The van der Waals surface area contributed by atoms with E-state index >= 15 is 0 Å². The number of ether oxygens (including phenoxy) is 3. The molecule has 0 spiro atoms. The fourth-order valence-electron chi connectivity index (χ4n) is 2.65. The zero-order valence-corrected chi connectivity index (χ0v) is 12.2. The summed E-state index contributed by atoms with van der Waals surface area (Å²) in [7, 11) is 0. The SMILES string of the molecule is C#Cc1cccc(C23OCC(C(C)(C)C)(CO2)CO3)c1. The predicted octanol–water partition coefficient (Wildman–Crippen LogP) is 2.89. The van der Waals surface area contributed by atoms with E-state index in [9.17, 15) is 0 Å². The van der Waals surface area contributed by atoms with Crippen molar-refractivity contribution in [2.24, 2.45) is 10.8 Å². The van der Waals surface area contributed by atoms with Crippen molar-refractivity contribution in [2.45, 2.75) is 26.7 Å². The number of fused-ring (bicyclic) bond motifs is 3. The van der Waals surface area contributed by atoms with Crippen LogP contribution in [0.1, 0.15) is 31.9 Å². The topological polar surface area (TPSA) is 27.7 Å². The van der Waals surface area contributed by atoms with Gasteiger partial charge in [0, 0.05) is 16.5 Å². The van der Waals surface area contributed by atoms with E-state index in [2.05, 4.69) is 26.7 Å². The van der Waals surface area contributed by atoms with Crippen LogP contribution in [0.25, 0.3) is 0 Å². The third-order valence-electron chi connectivity index (χ3n) is 4.59. The van der Waals surface area contributed by atoms with Gasteiger partial charge in [0.15, 0.2) is 0 Å². The molecule has 0 radical (unpaired) electrons. The lowest BCUT2D eigenvalue weighted by molar-refractivity contribution is -0.489. The molecule has 3 heteroatoms. The van der Waals surface area contributed by atoms with Gasteiger partial charge in [0.1, 0.15) is 0 Å². The Morgan fingerprint density at radius 3 is 2.20 bits per heavy atom. The standard InChI is InChI=1S/C17H20O3/c1-5-13-7-6-8-14(9-13)17-18-10-16(11-19-17,12-20-17)15(2,3)4/h1,6-9H,10-12H2,2-4H3. The lowest BCUT2D eigenvalue weighted by Gasteiger charge is -2.56. The van der Waals surface area contributed by atoms with Crippen LogP contribution in [0, 0.1) is 23.2 Å². The average molecular weight is 272 g/mol. The highest BCUT2D eigenvalue weighted by atomic mass is 16.9. The van der Waals surface area contributed by atoms with Gasteiger partial charge in [-0.05, 0) is 17.5 Å². The van der Waals surface area contributed by atoms with Crippen molar-refractivity contribution < 1.29 is 14.2 Å². The van der Waals surface area contributed by atoms with Crippen LogP contribution >= 0.6 is 0 Å². The van der Waals surface area contributed by atoms with Gasteiger partial charge >= 0.3 is 5.97 Å². The summed E-state index contributed by atoms with van der Waals surface area (Å²) in [5.74, 6) is 1.54. The van der Waals surface area contributed by atoms with Gasteiger partial charge in [-0.25, -0.2) is 0 Å². The minimum atomic E-state index is -1.08. The van der Waals surface area contributed by atoms with E-state index in [4.69, 9.17) is 20.6 Å². The Morgan fingerprint density at radius 2 is 1.70 bits per heavy atom. The van der Waals surface area contributed by atoms with Crippen LogP contribution in [-0.4, -0.2) is 19.8 Å². The van der Waals surface area contributed by atoms with Crippen molar-refractivity contribution >= 4 is 0 Å². The Morgan fingerprint density at radius 1 is 1.10 bits per heavy atom. The van der Waals surface area contributed by atoms with Crippen molar-refractivity contribution in [2.75, 3.05) is 19.8 Å². The summed E-state index contributed by atoms with van der Waals surface area (Å²) in [5.41, 5.74) is 1.61. The van der Waals surface area contributed by atoms with Crippen LogP contribution in [0.5, 0.6) is 0 Å². The lowest BCUT2D eigenvalue weighted by atomic mass is 9.67. The Balaban J connectivity index is 1.90. The Bertz CT molecular complexity index is 538. The summed E-state index contributed by atoms with van der Waals surface area (Å²) >= 11 is 0. The summed E-state index contributed by atoms with van der Waals surface area (Å²) < 4.78 is 17.9. The van der Waals surface area contributed by atoms with Crippen LogP contribution < -0.4 is 0 Å². The molecule has 20 heavy (non-hydrogen) atoms. The monoisotopic (exact) mass is 272 g/mol. The van der Waals surface area contributed by atoms with Crippen LogP contribution in [0.3, 0.4) is 0 Å². The minimum absolute atomic E-state index is 0.0697. The first-order chi connectivity index (χ1) is 9.41. The maximum Gasteiger partial charge on any atom is 0.312 e. The average Bonchev–Trinajstić information content (AvgIpc) is 2.48. The van der Waals surface area contributed by atoms with Crippen LogP contribution in [0.15, 0.2) is 24.3 Å². The fourth-order valence-corrected chi connectivity index (χ4v) is 2.65. The van der Waals surface area contributed by atoms with E-state index in [0.29, 0.717) is 19.8 Å². The number of rotatable bonds is 1. The lowest BCUT2D eigenvalue weighted by Crippen LogP contribution is -2.62. The van der Waals surface area contributed by atoms with Crippen LogP contribution in [0.2, 0.25) is 0 Å². The van der Waals surface area contributed by atoms with Gasteiger partial charge in [-0.2, -0.15) is 0 Å². The summed E-state index contributed by atoms with van der Waals surface area (Å²) in [6.07, 6.45) is 5.45. The van der Waals surface area contributed by atoms with Crippen LogP contribution in [0.4, 0.5) is 0 Å². The van der Waals surface area contributed by atoms with E-state index in [1.165, 1.54) is 0 Å². The molecule has 1 aromatic carbocycles. The molecule has 3 heterocycles. The molecule has 4 rings (SSSR count). The van der Waals surface area contributed by atoms with E-state index in [0.717, 1.165) is 11.1 Å². The number of hydrogen-bond acceptors (Lipinski definition) is 3. The molecule has 3 aliphatic heterocycles. The van der Waals surface area contributed by atoms with E-state index < -0.39 is 5.97 Å². The summed E-state index contributed by atoms with van der Waals surface area (Å²) in [6.45, 7) is 8.49. The largest absolute Gasteiger partial charge is 0.323 e. The molecule has 106 valence electrons. The molecule has 0 unspecified atom stereocenters. The van der Waals surface area contributed by atoms with Gasteiger partial charge in [0.25, 0.3) is 0 Å². The third-order valence-corrected chi connectivity index (χ3v) is 4.59. The molecule has 3 nitrogen and oxygen atoms in total. The van der Waals surface area contributed by atoms with Crippen molar-refractivity contribution in [1.29, 1.82) is 0 Å². The highest BCUT2D eigenvalue weighted by Crippen LogP contribution is 2.51. The van der Waals surface area contributed by atoms with Gasteiger partial charge in [-0.3, -0.25) is 0 Å². The maximum atomic E-state index is 5.97. The van der Waals surface area contributed by atoms with Crippen molar-refractivity contribution in [3.8, 4) is 12.3 Å². The first kappa shape index (κ1) is 13.6. The Labute approximate surface area is 120 Å². The molecule has 0 atom stereocenters. The van der Waals surface area contributed by atoms with Gasteiger partial charge in [-0.1, -0.05) is 38.8 Å². The molecule has 0 amide bonds. The Hall–Kier alpha value is -1.34. The number of hydrogen-bond donors (Lipinski definition) is 0. The van der Waals surface area contributed by atoms with E-state index in [1.54, 1.807) is 0 Å². The molecular formula is C17H20O3. The molecule has 3 aliphatic rings. The van der Waals surface area contributed by atoms with Crippen molar-refractivity contribution in [1.82, 2.24) is 0 Å². The molecular weight excluding hydrogens is 252 g/mol. The first-order valence-corrected chi connectivity index (χ1v) is 6.90. The number of benzene rings is 1. The third kappa shape index (κ3) is 1.88. The first-order valence-electron chi connectivity index (χ1n) is 6.90. The smallest absolute Gasteiger partial charge is 0.312 e. The molecule has 1 aromatic rings. The predicted molar refractivity (Wildman–Crippen MR) is 75.8 cm³/mol. The quantitative estimate of drug-likeness (QED) is 0.736. The van der Waals surface area contributed by atoms with Gasteiger partial charge in [0.2, 0.25) is 0 Å². The van der Waals surface area contributed by atoms with Gasteiger partial charge < -0.3 is 14.2 Å². The second kappa shape index (κ2) is 4.33. The van der Waals surface area contributed by atoms with Crippen molar-refractivity contribution in [3.05, 3.63) is 35.4 Å². The van der Waals surface area contributed by atoms with E-state index in [1.807, 2.05) is 24.3 Å². The molecule has 3 fully saturated rings. The zero-order valence-electron chi connectivity index (χ0n) is 12.2. The van der Waals surface area contributed by atoms with Gasteiger partial charge in [0.05, 0.1) is 19.8 Å². The van der Waals surface area contributed by atoms with Crippen LogP contribution in [-0.2, 0) is 20.2 Å². The Kier molecular flexibility index (Phi) is 2.95. The second-order valence-electron chi connectivity index (χ2n) is 6.68. The minimum Gasteiger partial charge on any atom is -0.323 e. The highest BCUT2D eigenvalue weighted by Gasteiger charge is 2.58. The highest BCUT2D eigenvalue weighted by molar-refractivity contribution is 5.36.